The zero-order valence-corrected chi connectivity index (χ0v) is 11.9. The third kappa shape index (κ3) is 4.42. The molecule has 1 unspecified atom stereocenters. The maximum atomic E-state index is 9.97. The molecule has 0 aromatic carbocycles. The van der Waals surface area contributed by atoms with Crippen LogP contribution in [0.2, 0.25) is 0 Å². The van der Waals surface area contributed by atoms with Crippen molar-refractivity contribution in [3.05, 3.63) is 0 Å². The number of hydrogen-bond donors (Lipinski definition) is 1. The third-order valence-corrected chi connectivity index (χ3v) is 3.50. The average Bonchev–Trinajstić information content (AvgIpc) is 1.89. The smallest absolute Gasteiger partial charge is 0.0672 e. The molecule has 2 nitrogen and oxygen atoms in total. The van der Waals surface area contributed by atoms with Gasteiger partial charge in [-0.2, -0.15) is 0 Å². The first-order chi connectivity index (χ1) is 7.08. The lowest BCUT2D eigenvalue weighted by atomic mass is 9.76. The van der Waals surface area contributed by atoms with Crippen LogP contribution in [0.3, 0.4) is 0 Å². The second kappa shape index (κ2) is 4.66. The van der Waals surface area contributed by atoms with E-state index in [1.807, 2.05) is 0 Å². The predicted molar refractivity (Wildman–Crippen MR) is 69.5 cm³/mol. The molecule has 0 spiro atoms. The summed E-state index contributed by atoms with van der Waals surface area (Å²) in [7, 11) is 0. The van der Waals surface area contributed by atoms with E-state index in [1.54, 1.807) is 0 Å². The summed E-state index contributed by atoms with van der Waals surface area (Å²) in [5.74, 6) is 0.800. The highest BCUT2D eigenvalue weighted by Crippen LogP contribution is 2.34. The van der Waals surface area contributed by atoms with E-state index in [0.29, 0.717) is 5.41 Å². The van der Waals surface area contributed by atoms with E-state index in [1.165, 1.54) is 0 Å². The Morgan fingerprint density at radius 3 is 2.00 bits per heavy atom. The predicted octanol–water partition coefficient (Wildman–Crippen LogP) is 2.76. The second-order valence-corrected chi connectivity index (χ2v) is 7.70. The van der Waals surface area contributed by atoms with Gasteiger partial charge in [0.15, 0.2) is 0 Å². The molecule has 1 atom stereocenters. The van der Waals surface area contributed by atoms with Gasteiger partial charge in [-0.25, -0.2) is 0 Å². The number of β-amino-alcohol motifs (C(OH)–C–C–N with tert-alkyl or cyclic N) is 1. The van der Waals surface area contributed by atoms with Gasteiger partial charge in [-0.3, -0.25) is 0 Å². The topological polar surface area (TPSA) is 23.5 Å². The van der Waals surface area contributed by atoms with Crippen molar-refractivity contribution in [3.63, 3.8) is 0 Å². The molecule has 1 rings (SSSR count). The van der Waals surface area contributed by atoms with Crippen LogP contribution in [-0.2, 0) is 0 Å². The summed E-state index contributed by atoms with van der Waals surface area (Å²) in [6.45, 7) is 16.6. The average molecular weight is 227 g/mol. The molecular weight excluding hydrogens is 198 g/mol. The summed E-state index contributed by atoms with van der Waals surface area (Å²) in [4.78, 5) is 2.38. The van der Waals surface area contributed by atoms with Crippen molar-refractivity contribution in [2.45, 2.75) is 54.1 Å². The highest BCUT2D eigenvalue weighted by atomic mass is 16.3. The van der Waals surface area contributed by atoms with Crippen LogP contribution in [0.4, 0.5) is 0 Å². The van der Waals surface area contributed by atoms with Gasteiger partial charge in [0.1, 0.15) is 0 Å². The van der Waals surface area contributed by atoms with Crippen LogP contribution < -0.4 is 0 Å². The van der Waals surface area contributed by atoms with E-state index in [0.717, 1.165) is 32.0 Å². The quantitative estimate of drug-likeness (QED) is 0.801. The molecule has 96 valence electrons. The third-order valence-electron chi connectivity index (χ3n) is 3.50. The van der Waals surface area contributed by atoms with E-state index in [2.05, 4.69) is 46.4 Å². The van der Waals surface area contributed by atoms with Crippen molar-refractivity contribution in [3.8, 4) is 0 Å². The maximum absolute atomic E-state index is 9.97. The van der Waals surface area contributed by atoms with Gasteiger partial charge in [-0.15, -0.1) is 0 Å². The number of likely N-dealkylation sites (tertiary alicyclic amines) is 1. The Hall–Kier alpha value is -0.0800. The zero-order chi connectivity index (χ0) is 12.6. The molecule has 0 amide bonds. The van der Waals surface area contributed by atoms with Gasteiger partial charge in [0.05, 0.1) is 6.10 Å². The van der Waals surface area contributed by atoms with Crippen molar-refractivity contribution in [2.75, 3.05) is 19.6 Å². The second-order valence-electron chi connectivity index (χ2n) is 7.70. The van der Waals surface area contributed by atoms with Gasteiger partial charge >= 0.3 is 0 Å². The molecule has 0 saturated carbocycles. The van der Waals surface area contributed by atoms with Crippen LogP contribution in [0, 0.1) is 16.7 Å². The molecule has 0 aliphatic carbocycles. The molecule has 0 bridgehead atoms. The Bertz CT molecular complexity index is 218. The lowest BCUT2D eigenvalue weighted by molar-refractivity contribution is -0.0148. The van der Waals surface area contributed by atoms with Crippen LogP contribution >= 0.6 is 0 Å². The zero-order valence-electron chi connectivity index (χ0n) is 11.9. The minimum atomic E-state index is -0.166. The van der Waals surface area contributed by atoms with Crippen molar-refractivity contribution in [1.29, 1.82) is 0 Å². The van der Waals surface area contributed by atoms with E-state index in [9.17, 15) is 5.11 Å². The van der Waals surface area contributed by atoms with Crippen molar-refractivity contribution in [2.24, 2.45) is 16.7 Å². The van der Waals surface area contributed by atoms with Gasteiger partial charge < -0.3 is 10.0 Å². The minimum absolute atomic E-state index is 0.166. The molecule has 0 radical (unpaired) electrons. The molecule has 1 aliphatic rings. The fourth-order valence-electron chi connectivity index (χ4n) is 2.34. The van der Waals surface area contributed by atoms with E-state index in [-0.39, 0.29) is 11.5 Å². The van der Waals surface area contributed by atoms with Crippen LogP contribution in [0.15, 0.2) is 0 Å². The Balaban J connectivity index is 2.22. The van der Waals surface area contributed by atoms with Crippen LogP contribution in [0.5, 0.6) is 0 Å². The van der Waals surface area contributed by atoms with Gasteiger partial charge in [0.2, 0.25) is 0 Å². The molecule has 1 heterocycles. The van der Waals surface area contributed by atoms with Gasteiger partial charge in [-0.1, -0.05) is 41.5 Å². The first kappa shape index (κ1) is 14.0. The summed E-state index contributed by atoms with van der Waals surface area (Å²) in [5.41, 5.74) is 0.652. The van der Waals surface area contributed by atoms with Crippen molar-refractivity contribution in [1.82, 2.24) is 4.90 Å². The largest absolute Gasteiger partial charge is 0.392 e. The molecule has 2 heteroatoms. The SMILES string of the molecule is CC(C)(C)CC(O)CN1CC(C(C)(C)C)C1. The normalized spacial score (nSPS) is 21.9. The fourth-order valence-corrected chi connectivity index (χ4v) is 2.34. The molecule has 16 heavy (non-hydrogen) atoms. The minimum Gasteiger partial charge on any atom is -0.392 e. The van der Waals surface area contributed by atoms with Crippen LogP contribution in [0.25, 0.3) is 0 Å². The Kier molecular flexibility index (Phi) is 4.07. The monoisotopic (exact) mass is 227 g/mol. The van der Waals surface area contributed by atoms with Crippen molar-refractivity contribution < 1.29 is 5.11 Å². The lowest BCUT2D eigenvalue weighted by Gasteiger charge is -2.47. The molecule has 0 aromatic heterocycles. The first-order valence-corrected chi connectivity index (χ1v) is 6.48. The standard InChI is InChI=1S/C14H29NO/c1-13(2,3)7-12(16)10-15-8-11(9-15)14(4,5)6/h11-12,16H,7-10H2,1-6H3. The maximum Gasteiger partial charge on any atom is 0.0672 e. The van der Waals surface area contributed by atoms with Gasteiger partial charge in [0, 0.05) is 19.6 Å². The molecular formula is C14H29NO. The molecule has 1 saturated heterocycles. The lowest BCUT2D eigenvalue weighted by Crippen LogP contribution is -2.54. The van der Waals surface area contributed by atoms with Gasteiger partial charge in [-0.05, 0) is 23.2 Å². The van der Waals surface area contributed by atoms with Crippen LogP contribution in [-0.4, -0.2) is 35.7 Å². The Morgan fingerprint density at radius 2 is 1.62 bits per heavy atom. The number of hydrogen-bond acceptors (Lipinski definition) is 2. The summed E-state index contributed by atoms with van der Waals surface area (Å²) >= 11 is 0. The highest BCUT2D eigenvalue weighted by molar-refractivity contribution is 4.89. The van der Waals surface area contributed by atoms with Crippen LogP contribution in [0.1, 0.15) is 48.0 Å². The molecule has 1 N–H and O–H groups in total. The Morgan fingerprint density at radius 1 is 1.12 bits per heavy atom. The number of rotatable bonds is 3. The molecule has 1 aliphatic heterocycles. The van der Waals surface area contributed by atoms with E-state index in [4.69, 9.17) is 0 Å². The van der Waals surface area contributed by atoms with Gasteiger partial charge in [0.25, 0.3) is 0 Å². The van der Waals surface area contributed by atoms with E-state index < -0.39 is 0 Å². The number of aliphatic hydroxyl groups is 1. The highest BCUT2D eigenvalue weighted by Gasteiger charge is 2.36. The molecule has 0 aromatic rings. The summed E-state index contributed by atoms with van der Waals surface area (Å²) < 4.78 is 0. The fraction of sp³-hybridized carbons (Fsp3) is 1.00. The van der Waals surface area contributed by atoms with E-state index >= 15 is 0 Å². The summed E-state index contributed by atoms with van der Waals surface area (Å²) in [6.07, 6.45) is 0.727. The number of nitrogens with zero attached hydrogens (tertiary/aromatic N) is 1. The first-order valence-electron chi connectivity index (χ1n) is 6.48. The number of aliphatic hydroxyl groups excluding tert-OH is 1. The van der Waals surface area contributed by atoms with Crippen molar-refractivity contribution >= 4 is 0 Å². The Labute approximate surface area is 101 Å². The summed E-state index contributed by atoms with van der Waals surface area (Å²) in [6, 6.07) is 0. The summed E-state index contributed by atoms with van der Waals surface area (Å²) in [5, 5.41) is 9.97. The molecule has 1 fully saturated rings.